The van der Waals surface area contributed by atoms with Crippen molar-refractivity contribution in [1.82, 2.24) is 14.5 Å². The number of para-hydroxylation sites is 1. The zero-order valence-corrected chi connectivity index (χ0v) is 17.4. The Balaban J connectivity index is 1.65. The first-order chi connectivity index (χ1) is 14.0. The second-order valence-electron chi connectivity index (χ2n) is 6.96. The number of rotatable bonds is 5. The topological polar surface area (TPSA) is 79.3 Å². The maximum absolute atomic E-state index is 12.8. The minimum absolute atomic E-state index is 0.172. The Labute approximate surface area is 177 Å². The van der Waals surface area contributed by atoms with E-state index < -0.39 is 0 Å². The normalized spacial score (nSPS) is 16.8. The van der Waals surface area contributed by atoms with Crippen LogP contribution in [0.5, 0.6) is 0 Å². The van der Waals surface area contributed by atoms with E-state index in [1.54, 1.807) is 11.4 Å². The van der Waals surface area contributed by atoms with Crippen LogP contribution in [-0.4, -0.2) is 46.4 Å². The molecule has 0 bridgehead atoms. The van der Waals surface area contributed by atoms with Crippen LogP contribution in [0.4, 0.5) is 11.6 Å². The third-order valence-electron chi connectivity index (χ3n) is 4.89. The maximum atomic E-state index is 12.8. The fraction of sp³-hybridized carbons (Fsp3) is 0.250. The van der Waals surface area contributed by atoms with Gasteiger partial charge < -0.3 is 14.8 Å². The maximum Gasteiger partial charge on any atom is 0.268 e. The summed E-state index contributed by atoms with van der Waals surface area (Å²) < 4.78 is 2.03. The number of likely N-dealkylation sites (N-methyl/N-ethyl adjacent to an activating group) is 1. The molecule has 0 radical (unpaired) electrons. The van der Waals surface area contributed by atoms with Crippen LogP contribution >= 0.6 is 22.9 Å². The molecule has 2 amide bonds. The van der Waals surface area contributed by atoms with Gasteiger partial charge in [0.1, 0.15) is 0 Å². The van der Waals surface area contributed by atoms with Gasteiger partial charge in [-0.1, -0.05) is 24.2 Å². The molecule has 0 aliphatic carbocycles. The molecule has 1 aliphatic heterocycles. The molecule has 1 aromatic carbocycles. The average Bonchev–Trinajstić information content (AvgIpc) is 3.40. The number of fused-ring (bicyclic) bond motifs is 1. The molecular formula is C20H20ClN5O2S. The van der Waals surface area contributed by atoms with Crippen molar-refractivity contribution in [3.8, 4) is 0 Å². The first kappa shape index (κ1) is 19.6. The number of likely N-dealkylation sites (tertiary alicyclic amines) is 1. The number of carbonyl (C=O) groups is 2. The van der Waals surface area contributed by atoms with E-state index in [1.165, 1.54) is 17.4 Å². The van der Waals surface area contributed by atoms with Crippen LogP contribution < -0.4 is 10.6 Å². The molecule has 3 aromatic rings. The lowest BCUT2D eigenvalue weighted by Gasteiger charge is -2.17. The van der Waals surface area contributed by atoms with Crippen molar-refractivity contribution in [2.75, 3.05) is 30.8 Å². The van der Waals surface area contributed by atoms with Crippen LogP contribution in [-0.2, 0) is 4.79 Å². The number of amides is 2. The summed E-state index contributed by atoms with van der Waals surface area (Å²) in [5.41, 5.74) is 2.13. The summed E-state index contributed by atoms with van der Waals surface area (Å²) >= 11 is 7.72. The summed E-state index contributed by atoms with van der Waals surface area (Å²) in [6, 6.07) is 7.37. The number of halogens is 1. The molecule has 3 heterocycles. The fourth-order valence-electron chi connectivity index (χ4n) is 3.55. The van der Waals surface area contributed by atoms with Crippen molar-refractivity contribution in [3.63, 3.8) is 0 Å². The van der Waals surface area contributed by atoms with E-state index in [9.17, 15) is 9.59 Å². The van der Waals surface area contributed by atoms with Crippen LogP contribution in [0, 0.1) is 0 Å². The smallest absolute Gasteiger partial charge is 0.268 e. The van der Waals surface area contributed by atoms with Gasteiger partial charge in [0, 0.05) is 11.9 Å². The van der Waals surface area contributed by atoms with Crippen molar-refractivity contribution in [3.05, 3.63) is 52.2 Å². The Hall–Kier alpha value is -2.68. The molecule has 1 aliphatic rings. The lowest BCUT2D eigenvalue weighted by atomic mass is 10.2. The van der Waals surface area contributed by atoms with Crippen LogP contribution in [0.15, 0.2) is 42.3 Å². The zero-order chi connectivity index (χ0) is 20.5. The number of anilines is 2. The molecule has 7 nitrogen and oxygen atoms in total. The predicted octanol–water partition coefficient (Wildman–Crippen LogP) is 4.00. The first-order valence-electron chi connectivity index (χ1n) is 9.14. The Bertz CT molecular complexity index is 1110. The highest BCUT2D eigenvalue weighted by atomic mass is 35.5. The standard InChI is InChI=1S/C20H20ClN5O2S/c1-3-17(27)22-12-9-16(29-11-12)19(28)24-20-23-15-6-4-5-14(21)18(15)26(20)13-7-8-25(2)10-13/h3-6,9,11,13H,1,7-8,10H2,2H3,(H,22,27)(H,23,24,28). The second-order valence-corrected chi connectivity index (χ2v) is 8.28. The lowest BCUT2D eigenvalue weighted by Crippen LogP contribution is -2.20. The van der Waals surface area contributed by atoms with Crippen molar-refractivity contribution < 1.29 is 9.59 Å². The summed E-state index contributed by atoms with van der Waals surface area (Å²) in [5.74, 6) is -0.131. The summed E-state index contributed by atoms with van der Waals surface area (Å²) in [4.78, 5) is 31.6. The molecule has 4 rings (SSSR count). The van der Waals surface area contributed by atoms with E-state index in [2.05, 4.69) is 34.1 Å². The monoisotopic (exact) mass is 429 g/mol. The number of thiophene rings is 1. The number of aromatic nitrogens is 2. The van der Waals surface area contributed by atoms with Gasteiger partial charge in [-0.05, 0) is 44.3 Å². The SMILES string of the molecule is C=CC(=O)Nc1csc(C(=O)Nc2nc3cccc(Cl)c3n2C2CCN(C)C2)c1. The molecule has 1 unspecified atom stereocenters. The number of hydrogen-bond acceptors (Lipinski definition) is 5. The van der Waals surface area contributed by atoms with Gasteiger partial charge in [-0.2, -0.15) is 0 Å². The van der Waals surface area contributed by atoms with Crippen LogP contribution in [0.25, 0.3) is 11.0 Å². The summed E-state index contributed by atoms with van der Waals surface area (Å²) in [7, 11) is 2.07. The predicted molar refractivity (Wildman–Crippen MR) is 117 cm³/mol. The van der Waals surface area contributed by atoms with E-state index in [0.717, 1.165) is 30.5 Å². The number of hydrogen-bond donors (Lipinski definition) is 2. The number of nitrogens with zero attached hydrogens (tertiary/aromatic N) is 3. The van der Waals surface area contributed by atoms with Gasteiger partial charge in [0.2, 0.25) is 11.9 Å². The highest BCUT2D eigenvalue weighted by Gasteiger charge is 2.27. The molecule has 2 N–H and O–H groups in total. The molecule has 0 spiro atoms. The highest BCUT2D eigenvalue weighted by molar-refractivity contribution is 7.12. The zero-order valence-electron chi connectivity index (χ0n) is 15.8. The van der Waals surface area contributed by atoms with E-state index in [0.29, 0.717) is 21.5 Å². The van der Waals surface area contributed by atoms with E-state index >= 15 is 0 Å². The average molecular weight is 430 g/mol. The minimum atomic E-state index is -0.323. The molecule has 2 aromatic heterocycles. The quantitative estimate of drug-likeness (QED) is 0.601. The molecule has 1 saturated heterocycles. The van der Waals surface area contributed by atoms with E-state index in [-0.39, 0.29) is 17.9 Å². The van der Waals surface area contributed by atoms with Crippen LogP contribution in [0.2, 0.25) is 5.02 Å². The van der Waals surface area contributed by atoms with E-state index in [1.807, 2.05) is 22.8 Å². The van der Waals surface area contributed by atoms with Crippen molar-refractivity contribution >= 4 is 57.4 Å². The van der Waals surface area contributed by atoms with Gasteiger partial charge in [0.25, 0.3) is 5.91 Å². The van der Waals surface area contributed by atoms with E-state index in [4.69, 9.17) is 11.6 Å². The molecule has 1 atom stereocenters. The van der Waals surface area contributed by atoms with Gasteiger partial charge in [-0.25, -0.2) is 4.98 Å². The Morgan fingerprint density at radius 3 is 2.93 bits per heavy atom. The van der Waals surface area contributed by atoms with Crippen molar-refractivity contribution in [1.29, 1.82) is 0 Å². The van der Waals surface area contributed by atoms with Gasteiger partial charge >= 0.3 is 0 Å². The molecule has 0 saturated carbocycles. The van der Waals surface area contributed by atoms with Gasteiger partial charge in [-0.3, -0.25) is 14.9 Å². The fourth-order valence-corrected chi connectivity index (χ4v) is 4.54. The molecule has 29 heavy (non-hydrogen) atoms. The third kappa shape index (κ3) is 3.91. The largest absolute Gasteiger partial charge is 0.322 e. The van der Waals surface area contributed by atoms with Gasteiger partial charge in [0.15, 0.2) is 0 Å². The Morgan fingerprint density at radius 1 is 1.38 bits per heavy atom. The Kier molecular flexibility index (Phi) is 5.40. The second kappa shape index (κ2) is 7.98. The van der Waals surface area contributed by atoms with Gasteiger partial charge in [-0.15, -0.1) is 11.3 Å². The number of benzene rings is 1. The van der Waals surface area contributed by atoms with Crippen molar-refractivity contribution in [2.45, 2.75) is 12.5 Å². The third-order valence-corrected chi connectivity index (χ3v) is 6.13. The van der Waals surface area contributed by atoms with Crippen LogP contribution in [0.1, 0.15) is 22.1 Å². The molecule has 9 heteroatoms. The molecular weight excluding hydrogens is 410 g/mol. The summed E-state index contributed by atoms with van der Waals surface area (Å²) in [6.07, 6.45) is 2.13. The summed E-state index contributed by atoms with van der Waals surface area (Å²) in [6.45, 7) is 5.25. The number of carbonyl (C=O) groups excluding carboxylic acids is 2. The number of imidazole rings is 1. The lowest BCUT2D eigenvalue weighted by molar-refractivity contribution is -0.111. The highest BCUT2D eigenvalue weighted by Crippen LogP contribution is 2.34. The van der Waals surface area contributed by atoms with Gasteiger partial charge in [0.05, 0.1) is 32.7 Å². The van der Waals surface area contributed by atoms with Crippen LogP contribution in [0.3, 0.4) is 0 Å². The minimum Gasteiger partial charge on any atom is -0.322 e. The Morgan fingerprint density at radius 2 is 2.21 bits per heavy atom. The first-order valence-corrected chi connectivity index (χ1v) is 10.4. The molecule has 1 fully saturated rings. The van der Waals surface area contributed by atoms with Crippen molar-refractivity contribution in [2.24, 2.45) is 0 Å². The number of nitrogens with one attached hydrogen (secondary N) is 2. The summed E-state index contributed by atoms with van der Waals surface area (Å²) in [5, 5.41) is 7.90. The molecule has 150 valence electrons.